The van der Waals surface area contributed by atoms with Gasteiger partial charge in [-0.1, -0.05) is 27.7 Å². The van der Waals surface area contributed by atoms with E-state index in [0.29, 0.717) is 5.41 Å². The number of nitrogens with zero attached hydrogens (tertiary/aromatic N) is 1. The van der Waals surface area contributed by atoms with Crippen molar-refractivity contribution in [2.24, 2.45) is 23.0 Å². The van der Waals surface area contributed by atoms with Crippen molar-refractivity contribution >= 4 is 11.8 Å². The van der Waals surface area contributed by atoms with Crippen molar-refractivity contribution in [3.05, 3.63) is 0 Å². The molecule has 0 amide bonds. The molecule has 0 saturated carbocycles. The lowest BCUT2D eigenvalue weighted by Gasteiger charge is -2.54. The second-order valence-corrected chi connectivity index (χ2v) is 7.89. The molecule has 2 fully saturated rings. The molecule has 2 N–H and O–H groups in total. The Morgan fingerprint density at radius 1 is 1.24 bits per heavy atom. The normalized spacial score (nSPS) is 42.9. The largest absolute Gasteiger partial charge is 0.329 e. The summed E-state index contributed by atoms with van der Waals surface area (Å²) in [6.07, 6.45) is 1.30. The maximum absolute atomic E-state index is 6.23. The first kappa shape index (κ1) is 13.7. The Bertz CT molecular complexity index is 269. The lowest BCUT2D eigenvalue weighted by molar-refractivity contribution is 0.0148. The van der Waals surface area contributed by atoms with Crippen LogP contribution in [0.2, 0.25) is 0 Å². The average molecular weight is 256 g/mol. The van der Waals surface area contributed by atoms with Crippen LogP contribution in [0.15, 0.2) is 0 Å². The summed E-state index contributed by atoms with van der Waals surface area (Å²) in [6, 6.07) is 0. The maximum atomic E-state index is 6.23. The van der Waals surface area contributed by atoms with E-state index in [0.717, 1.165) is 18.4 Å². The van der Waals surface area contributed by atoms with Crippen LogP contribution in [0.25, 0.3) is 0 Å². The minimum Gasteiger partial charge on any atom is -0.329 e. The molecule has 0 spiro atoms. The highest BCUT2D eigenvalue weighted by atomic mass is 32.2. The Hall–Kier alpha value is 0.270. The highest BCUT2D eigenvalue weighted by Crippen LogP contribution is 2.47. The molecule has 100 valence electrons. The van der Waals surface area contributed by atoms with E-state index in [-0.39, 0.29) is 5.54 Å². The summed E-state index contributed by atoms with van der Waals surface area (Å²) < 4.78 is 0. The lowest BCUT2D eigenvalue weighted by Crippen LogP contribution is -2.65. The van der Waals surface area contributed by atoms with Gasteiger partial charge in [0.15, 0.2) is 0 Å². The van der Waals surface area contributed by atoms with Crippen LogP contribution in [0.5, 0.6) is 0 Å². The first-order valence-electron chi connectivity index (χ1n) is 6.96. The van der Waals surface area contributed by atoms with Crippen LogP contribution in [0.1, 0.15) is 34.1 Å². The van der Waals surface area contributed by atoms with Gasteiger partial charge in [0.2, 0.25) is 0 Å². The first-order valence-corrected chi connectivity index (χ1v) is 8.11. The minimum absolute atomic E-state index is 0.231. The van der Waals surface area contributed by atoms with E-state index in [4.69, 9.17) is 5.73 Å². The highest BCUT2D eigenvalue weighted by molar-refractivity contribution is 7.99. The fourth-order valence-electron chi connectivity index (χ4n) is 3.46. The Morgan fingerprint density at radius 2 is 1.82 bits per heavy atom. The quantitative estimate of drug-likeness (QED) is 0.823. The van der Waals surface area contributed by atoms with Crippen molar-refractivity contribution in [3.63, 3.8) is 0 Å². The lowest BCUT2D eigenvalue weighted by atomic mass is 9.69. The van der Waals surface area contributed by atoms with Crippen molar-refractivity contribution in [2.45, 2.75) is 39.7 Å². The second kappa shape index (κ2) is 4.75. The second-order valence-electron chi connectivity index (χ2n) is 6.78. The molecule has 0 aliphatic carbocycles. The summed E-state index contributed by atoms with van der Waals surface area (Å²) in [5, 5.41) is 0. The van der Waals surface area contributed by atoms with Crippen LogP contribution >= 0.6 is 11.8 Å². The van der Waals surface area contributed by atoms with Crippen LogP contribution in [0.3, 0.4) is 0 Å². The van der Waals surface area contributed by atoms with Gasteiger partial charge in [0.05, 0.1) is 0 Å². The van der Waals surface area contributed by atoms with Crippen LogP contribution in [0, 0.1) is 17.3 Å². The fraction of sp³-hybridized carbons (Fsp3) is 1.00. The highest BCUT2D eigenvalue weighted by Gasteiger charge is 2.52. The van der Waals surface area contributed by atoms with E-state index in [2.05, 4.69) is 44.4 Å². The molecule has 0 aromatic heterocycles. The number of nitrogens with two attached hydrogens (primary N) is 1. The molecule has 2 nitrogen and oxygen atoms in total. The number of likely N-dealkylation sites (tertiary alicyclic amines) is 1. The Kier molecular flexibility index (Phi) is 3.82. The van der Waals surface area contributed by atoms with Crippen LogP contribution in [-0.2, 0) is 0 Å². The van der Waals surface area contributed by atoms with Gasteiger partial charge in [-0.15, -0.1) is 0 Å². The van der Waals surface area contributed by atoms with Crippen LogP contribution in [0.4, 0.5) is 0 Å². The van der Waals surface area contributed by atoms with E-state index < -0.39 is 0 Å². The average Bonchev–Trinajstić information content (AvgIpc) is 2.59. The fourth-order valence-corrected chi connectivity index (χ4v) is 5.29. The van der Waals surface area contributed by atoms with Crippen molar-refractivity contribution in [2.75, 3.05) is 31.1 Å². The third kappa shape index (κ3) is 2.15. The van der Waals surface area contributed by atoms with E-state index >= 15 is 0 Å². The molecule has 17 heavy (non-hydrogen) atoms. The Balaban J connectivity index is 2.24. The molecule has 0 aromatic carbocycles. The standard InChI is InChI=1S/C14H28N2S/c1-11-7-16(8-12(11)2)14(9-15)10-17-6-5-13(14,3)4/h11-12H,5-10,15H2,1-4H3. The molecule has 2 aliphatic rings. The summed E-state index contributed by atoms with van der Waals surface area (Å²) >= 11 is 2.10. The summed E-state index contributed by atoms with van der Waals surface area (Å²) in [7, 11) is 0. The first-order chi connectivity index (χ1) is 7.93. The Labute approximate surface area is 111 Å². The van der Waals surface area contributed by atoms with Crippen molar-refractivity contribution < 1.29 is 0 Å². The van der Waals surface area contributed by atoms with Gasteiger partial charge < -0.3 is 5.73 Å². The zero-order chi connectivity index (χ0) is 12.7. The minimum atomic E-state index is 0.231. The smallest absolute Gasteiger partial charge is 0.0473 e. The molecule has 2 heterocycles. The van der Waals surface area contributed by atoms with E-state index in [1.807, 2.05) is 0 Å². The molecular weight excluding hydrogens is 228 g/mol. The molecule has 2 aliphatic heterocycles. The van der Waals surface area contributed by atoms with Gasteiger partial charge in [-0.25, -0.2) is 0 Å². The van der Waals surface area contributed by atoms with E-state index in [1.54, 1.807) is 0 Å². The SMILES string of the molecule is CC1CN(C2(CN)CSCCC2(C)C)CC1C. The van der Waals surface area contributed by atoms with Gasteiger partial charge in [-0.2, -0.15) is 11.8 Å². The van der Waals surface area contributed by atoms with E-state index in [1.165, 1.54) is 31.0 Å². The molecule has 0 bridgehead atoms. The summed E-state index contributed by atoms with van der Waals surface area (Å²) in [6.45, 7) is 12.9. The van der Waals surface area contributed by atoms with E-state index in [9.17, 15) is 0 Å². The molecule has 0 aromatic rings. The molecule has 2 rings (SSSR count). The van der Waals surface area contributed by atoms with Crippen molar-refractivity contribution in [1.82, 2.24) is 4.90 Å². The van der Waals surface area contributed by atoms with Gasteiger partial charge in [0.25, 0.3) is 0 Å². The van der Waals surface area contributed by atoms with Gasteiger partial charge >= 0.3 is 0 Å². The summed E-state index contributed by atoms with van der Waals surface area (Å²) in [5.74, 6) is 4.16. The summed E-state index contributed by atoms with van der Waals surface area (Å²) in [4.78, 5) is 2.72. The molecule has 2 saturated heterocycles. The Morgan fingerprint density at radius 3 is 2.29 bits per heavy atom. The molecule has 3 atom stereocenters. The maximum Gasteiger partial charge on any atom is 0.0473 e. The number of thioether (sulfide) groups is 1. The van der Waals surface area contributed by atoms with Crippen LogP contribution in [-0.4, -0.2) is 41.6 Å². The predicted octanol–water partition coefficient (Wildman–Crippen LogP) is 2.43. The number of hydrogen-bond donors (Lipinski definition) is 1. The van der Waals surface area contributed by atoms with Gasteiger partial charge in [0.1, 0.15) is 0 Å². The predicted molar refractivity (Wildman–Crippen MR) is 77.4 cm³/mol. The topological polar surface area (TPSA) is 29.3 Å². The zero-order valence-electron chi connectivity index (χ0n) is 11.8. The van der Waals surface area contributed by atoms with Crippen molar-refractivity contribution in [3.8, 4) is 0 Å². The number of rotatable bonds is 2. The molecule has 0 radical (unpaired) electrons. The molecule has 3 unspecified atom stereocenters. The van der Waals surface area contributed by atoms with Crippen molar-refractivity contribution in [1.29, 1.82) is 0 Å². The monoisotopic (exact) mass is 256 g/mol. The van der Waals surface area contributed by atoms with Gasteiger partial charge in [-0.3, -0.25) is 4.90 Å². The zero-order valence-corrected chi connectivity index (χ0v) is 12.6. The van der Waals surface area contributed by atoms with Gasteiger partial charge in [-0.05, 0) is 29.4 Å². The number of hydrogen-bond acceptors (Lipinski definition) is 3. The molecular formula is C14H28N2S. The summed E-state index contributed by atoms with van der Waals surface area (Å²) in [5.41, 5.74) is 6.82. The van der Waals surface area contributed by atoms with Crippen LogP contribution < -0.4 is 5.73 Å². The van der Waals surface area contributed by atoms with Gasteiger partial charge in [0, 0.05) is 30.9 Å². The molecule has 3 heteroatoms. The third-order valence-electron chi connectivity index (χ3n) is 5.40. The third-order valence-corrected chi connectivity index (χ3v) is 6.58.